The lowest BCUT2D eigenvalue weighted by atomic mass is 10.3. The summed E-state index contributed by atoms with van der Waals surface area (Å²) in [5, 5.41) is 0.975. The smallest absolute Gasteiger partial charge is 0.282 e. The van der Waals surface area contributed by atoms with Crippen LogP contribution in [0.5, 0.6) is 0 Å². The molecule has 2 aromatic heterocycles. The highest BCUT2D eigenvalue weighted by atomic mass is 32.2. The minimum Gasteiger partial charge on any atom is -0.354 e. The van der Waals surface area contributed by atoms with Crippen molar-refractivity contribution in [2.24, 2.45) is 0 Å². The zero-order chi connectivity index (χ0) is 16.7. The summed E-state index contributed by atoms with van der Waals surface area (Å²) >= 11 is 0. The largest absolute Gasteiger partial charge is 0.354 e. The summed E-state index contributed by atoms with van der Waals surface area (Å²) in [6, 6.07) is 1.93. The number of hydrogen-bond acceptors (Lipinski definition) is 5. The summed E-state index contributed by atoms with van der Waals surface area (Å²) in [6.07, 6.45) is 6.11. The van der Waals surface area contributed by atoms with Gasteiger partial charge in [0.2, 0.25) is 0 Å². The van der Waals surface area contributed by atoms with Crippen molar-refractivity contribution >= 4 is 27.1 Å². The Morgan fingerprint density at radius 2 is 2.04 bits per heavy atom. The van der Waals surface area contributed by atoms with Crippen LogP contribution in [-0.2, 0) is 10.2 Å². The summed E-state index contributed by atoms with van der Waals surface area (Å²) in [5.41, 5.74) is 0.807. The highest BCUT2D eigenvalue weighted by Crippen LogP contribution is 2.28. The molecule has 2 aliphatic heterocycles. The maximum atomic E-state index is 12.7. The predicted octanol–water partition coefficient (Wildman–Crippen LogP) is 0.809. The summed E-state index contributed by atoms with van der Waals surface area (Å²) in [5.74, 6) is 0.871. The molecule has 2 saturated heterocycles. The topological polar surface area (TPSA) is 85.4 Å². The van der Waals surface area contributed by atoms with E-state index < -0.39 is 10.2 Å². The van der Waals surface area contributed by atoms with Crippen molar-refractivity contribution in [3.8, 4) is 0 Å². The van der Waals surface area contributed by atoms with E-state index in [-0.39, 0.29) is 6.04 Å². The van der Waals surface area contributed by atoms with E-state index in [0.29, 0.717) is 19.6 Å². The number of anilines is 1. The molecule has 0 saturated carbocycles. The van der Waals surface area contributed by atoms with Gasteiger partial charge < -0.3 is 9.88 Å². The molecule has 130 valence electrons. The molecule has 2 fully saturated rings. The Labute approximate surface area is 141 Å². The van der Waals surface area contributed by atoms with Crippen LogP contribution in [0.15, 0.2) is 18.6 Å². The number of nitrogens with zero attached hydrogens (tertiary/aromatic N) is 5. The van der Waals surface area contributed by atoms with Gasteiger partial charge in [0.05, 0.1) is 5.39 Å². The first kappa shape index (κ1) is 15.8. The van der Waals surface area contributed by atoms with Crippen molar-refractivity contribution in [1.29, 1.82) is 0 Å². The third-order valence-electron chi connectivity index (χ3n) is 5.07. The van der Waals surface area contributed by atoms with Gasteiger partial charge in [-0.25, -0.2) is 9.97 Å². The molecule has 1 atom stereocenters. The molecular formula is C15H22N6O2S. The molecule has 0 bridgehead atoms. The Kier molecular flexibility index (Phi) is 3.93. The monoisotopic (exact) mass is 350 g/mol. The Balaban J connectivity index is 1.53. The molecule has 0 spiro atoms. The van der Waals surface area contributed by atoms with Crippen LogP contribution in [-0.4, -0.2) is 71.2 Å². The van der Waals surface area contributed by atoms with Crippen molar-refractivity contribution in [2.45, 2.75) is 25.3 Å². The molecule has 2 aromatic rings. The van der Waals surface area contributed by atoms with Gasteiger partial charge in [0, 0.05) is 45.5 Å². The minimum atomic E-state index is -3.36. The number of rotatable bonds is 4. The van der Waals surface area contributed by atoms with Crippen molar-refractivity contribution in [2.75, 3.05) is 38.1 Å². The van der Waals surface area contributed by atoms with E-state index in [9.17, 15) is 8.42 Å². The fourth-order valence-electron chi connectivity index (χ4n) is 3.63. The maximum Gasteiger partial charge on any atom is 0.282 e. The molecule has 8 nitrogen and oxygen atoms in total. The van der Waals surface area contributed by atoms with E-state index >= 15 is 0 Å². The van der Waals surface area contributed by atoms with Crippen LogP contribution in [0.3, 0.4) is 0 Å². The summed E-state index contributed by atoms with van der Waals surface area (Å²) in [4.78, 5) is 13.9. The van der Waals surface area contributed by atoms with Crippen LogP contribution in [0.25, 0.3) is 11.0 Å². The first-order valence-corrected chi connectivity index (χ1v) is 9.73. The summed E-state index contributed by atoms with van der Waals surface area (Å²) in [6.45, 7) is 2.72. The molecule has 1 N–H and O–H groups in total. The van der Waals surface area contributed by atoms with Crippen LogP contribution in [0.1, 0.15) is 19.3 Å². The number of hydrogen-bond donors (Lipinski definition) is 1. The first-order chi connectivity index (χ1) is 11.6. The Morgan fingerprint density at radius 1 is 1.25 bits per heavy atom. The fourth-order valence-corrected chi connectivity index (χ4v) is 5.26. The fraction of sp³-hybridized carbons (Fsp3) is 0.600. The number of H-pyrrole nitrogens is 1. The molecule has 0 amide bonds. The Bertz CT molecular complexity index is 829. The van der Waals surface area contributed by atoms with E-state index in [0.717, 1.165) is 42.7 Å². The normalized spacial score (nSPS) is 22.9. The van der Waals surface area contributed by atoms with Gasteiger partial charge >= 0.3 is 0 Å². The van der Waals surface area contributed by atoms with Crippen LogP contribution in [0.4, 0.5) is 5.82 Å². The van der Waals surface area contributed by atoms with Crippen molar-refractivity contribution in [1.82, 2.24) is 23.6 Å². The molecule has 0 aliphatic carbocycles. The lowest BCUT2D eigenvalue weighted by molar-refractivity contribution is 0.346. The zero-order valence-electron chi connectivity index (χ0n) is 13.7. The van der Waals surface area contributed by atoms with E-state index in [1.54, 1.807) is 22.0 Å². The number of nitrogens with one attached hydrogen (secondary N) is 1. The third-order valence-corrected chi connectivity index (χ3v) is 7.11. The maximum absolute atomic E-state index is 12.7. The van der Waals surface area contributed by atoms with Crippen LogP contribution < -0.4 is 4.90 Å². The molecule has 24 heavy (non-hydrogen) atoms. The Hall–Kier alpha value is -1.71. The van der Waals surface area contributed by atoms with E-state index in [1.807, 2.05) is 12.3 Å². The zero-order valence-corrected chi connectivity index (χ0v) is 14.5. The van der Waals surface area contributed by atoms with E-state index in [1.165, 1.54) is 0 Å². The number of fused-ring (bicyclic) bond motifs is 1. The average Bonchev–Trinajstić information content (AvgIpc) is 3.34. The predicted molar refractivity (Wildman–Crippen MR) is 92.0 cm³/mol. The average molecular weight is 350 g/mol. The molecule has 0 radical (unpaired) electrons. The van der Waals surface area contributed by atoms with Crippen molar-refractivity contribution in [3.63, 3.8) is 0 Å². The van der Waals surface area contributed by atoms with Gasteiger partial charge in [0.25, 0.3) is 10.2 Å². The second-order valence-corrected chi connectivity index (χ2v) is 8.44. The second-order valence-electron chi connectivity index (χ2n) is 6.46. The summed E-state index contributed by atoms with van der Waals surface area (Å²) in [7, 11) is -1.66. The molecule has 0 aromatic carbocycles. The first-order valence-electron chi connectivity index (χ1n) is 8.33. The standard InChI is InChI=1S/C15H22N6O2S/c1-19(24(22,23)21-7-2-3-8-21)12-5-9-20(10-12)15-13-4-6-16-14(13)17-11-18-15/h4,6,11-12H,2-3,5,7-10H2,1H3,(H,16,17,18). The molecule has 4 heterocycles. The van der Waals surface area contributed by atoms with Gasteiger partial charge in [-0.1, -0.05) is 0 Å². The second kappa shape index (κ2) is 5.98. The highest BCUT2D eigenvalue weighted by Gasteiger charge is 2.37. The van der Waals surface area contributed by atoms with Crippen molar-refractivity contribution < 1.29 is 8.42 Å². The van der Waals surface area contributed by atoms with E-state index in [2.05, 4.69) is 19.9 Å². The van der Waals surface area contributed by atoms with Crippen LogP contribution in [0, 0.1) is 0 Å². The quantitative estimate of drug-likeness (QED) is 0.882. The van der Waals surface area contributed by atoms with Gasteiger partial charge in [-0.3, -0.25) is 0 Å². The van der Waals surface area contributed by atoms with Gasteiger partial charge in [0.1, 0.15) is 17.8 Å². The van der Waals surface area contributed by atoms with Gasteiger partial charge in [0.15, 0.2) is 0 Å². The molecular weight excluding hydrogens is 328 g/mol. The number of aromatic amines is 1. The Morgan fingerprint density at radius 3 is 2.83 bits per heavy atom. The van der Waals surface area contributed by atoms with Crippen LogP contribution >= 0.6 is 0 Å². The highest BCUT2D eigenvalue weighted by molar-refractivity contribution is 7.86. The van der Waals surface area contributed by atoms with E-state index in [4.69, 9.17) is 0 Å². The van der Waals surface area contributed by atoms with Gasteiger partial charge in [-0.2, -0.15) is 17.0 Å². The van der Waals surface area contributed by atoms with Gasteiger partial charge in [-0.15, -0.1) is 0 Å². The van der Waals surface area contributed by atoms with Crippen molar-refractivity contribution in [3.05, 3.63) is 18.6 Å². The molecule has 9 heteroatoms. The third kappa shape index (κ3) is 2.56. The van der Waals surface area contributed by atoms with Crippen LogP contribution in [0.2, 0.25) is 0 Å². The number of aromatic nitrogens is 3. The molecule has 1 unspecified atom stereocenters. The van der Waals surface area contributed by atoms with Gasteiger partial charge in [-0.05, 0) is 25.3 Å². The summed E-state index contributed by atoms with van der Waals surface area (Å²) < 4.78 is 28.6. The minimum absolute atomic E-state index is 0.0282. The number of likely N-dealkylation sites (N-methyl/N-ethyl adjacent to an activating group) is 1. The molecule has 2 aliphatic rings. The lowest BCUT2D eigenvalue weighted by Crippen LogP contribution is -2.46. The molecule has 4 rings (SSSR count). The SMILES string of the molecule is CN(C1CCN(c2ncnc3[nH]ccc23)C1)S(=O)(=O)N1CCCC1. The lowest BCUT2D eigenvalue weighted by Gasteiger charge is -2.28.